The van der Waals surface area contributed by atoms with Gasteiger partial charge in [0, 0.05) is 31.6 Å². The predicted octanol–water partition coefficient (Wildman–Crippen LogP) is 3.25. The average Bonchev–Trinajstić information content (AvgIpc) is 3.10. The first-order valence-electron chi connectivity index (χ1n) is 7.43. The first-order valence-corrected chi connectivity index (χ1v) is 8.31. The molecule has 0 aromatic carbocycles. The molecule has 1 aliphatic rings. The van der Waals surface area contributed by atoms with Crippen molar-refractivity contribution in [2.45, 2.75) is 32.4 Å². The van der Waals surface area contributed by atoms with Gasteiger partial charge in [-0.05, 0) is 37.8 Å². The molecule has 3 rings (SSSR count). The number of likely N-dealkylation sites (tertiary alicyclic amines) is 1. The van der Waals surface area contributed by atoms with Gasteiger partial charge in [0.15, 0.2) is 0 Å². The third-order valence-corrected chi connectivity index (χ3v) is 4.81. The Balaban J connectivity index is 1.84. The molecule has 21 heavy (non-hydrogen) atoms. The van der Waals surface area contributed by atoms with Crippen LogP contribution in [0.15, 0.2) is 23.6 Å². The van der Waals surface area contributed by atoms with E-state index in [0.717, 1.165) is 24.7 Å². The van der Waals surface area contributed by atoms with Crippen LogP contribution < -0.4 is 4.90 Å². The maximum absolute atomic E-state index is 4.70. The third kappa shape index (κ3) is 3.24. The molecule has 5 heteroatoms. The van der Waals surface area contributed by atoms with Crippen LogP contribution in [0.4, 0.5) is 5.82 Å². The van der Waals surface area contributed by atoms with Gasteiger partial charge in [-0.15, -0.1) is 11.3 Å². The van der Waals surface area contributed by atoms with Gasteiger partial charge in [0.1, 0.15) is 11.6 Å². The second-order valence-corrected chi connectivity index (χ2v) is 6.83. The summed E-state index contributed by atoms with van der Waals surface area (Å²) in [6, 6.07) is 6.91. The Morgan fingerprint density at radius 3 is 2.95 bits per heavy atom. The summed E-state index contributed by atoms with van der Waals surface area (Å²) >= 11 is 1.84. The monoisotopic (exact) mass is 302 g/mol. The van der Waals surface area contributed by atoms with E-state index < -0.39 is 0 Å². The number of hydrogen-bond donors (Lipinski definition) is 0. The molecule has 1 saturated heterocycles. The Bertz CT molecular complexity index is 594. The van der Waals surface area contributed by atoms with E-state index in [2.05, 4.69) is 38.4 Å². The molecule has 0 bridgehead atoms. The molecule has 1 unspecified atom stereocenters. The number of thiophene rings is 1. The third-order valence-electron chi connectivity index (χ3n) is 3.95. The van der Waals surface area contributed by atoms with Crippen molar-refractivity contribution in [3.05, 3.63) is 40.0 Å². The molecule has 2 aromatic rings. The molecule has 1 atom stereocenters. The fourth-order valence-corrected chi connectivity index (χ4v) is 3.66. The van der Waals surface area contributed by atoms with Gasteiger partial charge >= 0.3 is 0 Å². The molecule has 3 heterocycles. The lowest BCUT2D eigenvalue weighted by molar-refractivity contribution is 0.246. The van der Waals surface area contributed by atoms with Crippen LogP contribution in [0.5, 0.6) is 0 Å². The van der Waals surface area contributed by atoms with Gasteiger partial charge in [-0.3, -0.25) is 4.90 Å². The zero-order valence-corrected chi connectivity index (χ0v) is 13.7. The number of anilines is 1. The van der Waals surface area contributed by atoms with E-state index in [1.54, 1.807) is 0 Å². The summed E-state index contributed by atoms with van der Waals surface area (Å²) in [4.78, 5) is 15.2. The summed E-state index contributed by atoms with van der Waals surface area (Å²) in [6.07, 6.45) is 2.44. The van der Waals surface area contributed by atoms with Gasteiger partial charge in [-0.25, -0.2) is 9.97 Å². The van der Waals surface area contributed by atoms with Crippen LogP contribution in [0.1, 0.15) is 35.3 Å². The van der Waals surface area contributed by atoms with Crippen molar-refractivity contribution in [2.24, 2.45) is 0 Å². The highest BCUT2D eigenvalue weighted by atomic mass is 32.1. The minimum atomic E-state index is 0.424. The Hall–Kier alpha value is -1.46. The molecule has 0 amide bonds. The Kier molecular flexibility index (Phi) is 4.22. The van der Waals surface area contributed by atoms with E-state index in [9.17, 15) is 0 Å². The summed E-state index contributed by atoms with van der Waals surface area (Å²) in [5.41, 5.74) is 1.17. The van der Waals surface area contributed by atoms with Crippen molar-refractivity contribution >= 4 is 17.2 Å². The number of aromatic nitrogens is 2. The van der Waals surface area contributed by atoms with Crippen LogP contribution in [0, 0.1) is 6.92 Å². The van der Waals surface area contributed by atoms with Crippen LogP contribution >= 0.6 is 11.3 Å². The minimum Gasteiger partial charge on any atom is -0.363 e. The quantitative estimate of drug-likeness (QED) is 0.868. The van der Waals surface area contributed by atoms with E-state index in [4.69, 9.17) is 4.98 Å². The highest BCUT2D eigenvalue weighted by Gasteiger charge is 2.28. The van der Waals surface area contributed by atoms with E-state index >= 15 is 0 Å². The summed E-state index contributed by atoms with van der Waals surface area (Å²) in [5.74, 6) is 1.86. The number of rotatable bonds is 4. The second kappa shape index (κ2) is 6.12. The molecule has 0 radical (unpaired) electrons. The van der Waals surface area contributed by atoms with Crippen molar-refractivity contribution in [1.82, 2.24) is 14.9 Å². The highest BCUT2D eigenvalue weighted by molar-refractivity contribution is 7.09. The lowest BCUT2D eigenvalue weighted by Crippen LogP contribution is -2.24. The zero-order chi connectivity index (χ0) is 14.8. The first-order chi connectivity index (χ1) is 10.1. The van der Waals surface area contributed by atoms with Crippen molar-refractivity contribution in [3.8, 4) is 0 Å². The molecule has 1 fully saturated rings. The van der Waals surface area contributed by atoms with Gasteiger partial charge in [0.2, 0.25) is 0 Å². The molecule has 1 aliphatic heterocycles. The molecular formula is C16H22N4S. The molecule has 2 aromatic heterocycles. The fraction of sp³-hybridized carbons (Fsp3) is 0.500. The van der Waals surface area contributed by atoms with Crippen LogP contribution in [0.3, 0.4) is 0 Å². The minimum absolute atomic E-state index is 0.424. The number of aryl methyl sites for hydroxylation is 1. The molecule has 112 valence electrons. The Morgan fingerprint density at radius 2 is 2.24 bits per heavy atom. The first kappa shape index (κ1) is 14.5. The summed E-state index contributed by atoms with van der Waals surface area (Å²) < 4.78 is 0. The van der Waals surface area contributed by atoms with Crippen molar-refractivity contribution in [3.63, 3.8) is 0 Å². The lowest BCUT2D eigenvalue weighted by Gasteiger charge is -2.24. The maximum atomic E-state index is 4.70. The summed E-state index contributed by atoms with van der Waals surface area (Å²) in [6.45, 7) is 4.17. The highest BCUT2D eigenvalue weighted by Crippen LogP contribution is 2.33. The topological polar surface area (TPSA) is 32.3 Å². The van der Waals surface area contributed by atoms with Gasteiger partial charge in [-0.2, -0.15) is 0 Å². The molecule has 0 N–H and O–H groups in total. The average molecular weight is 302 g/mol. The van der Waals surface area contributed by atoms with Gasteiger partial charge in [-0.1, -0.05) is 6.07 Å². The zero-order valence-electron chi connectivity index (χ0n) is 12.9. The van der Waals surface area contributed by atoms with Gasteiger partial charge in [0.25, 0.3) is 0 Å². The van der Waals surface area contributed by atoms with Crippen LogP contribution in [0.25, 0.3) is 0 Å². The van der Waals surface area contributed by atoms with Crippen LogP contribution in [-0.4, -0.2) is 35.5 Å². The van der Waals surface area contributed by atoms with Crippen molar-refractivity contribution < 1.29 is 0 Å². The summed E-state index contributed by atoms with van der Waals surface area (Å²) in [7, 11) is 4.06. The smallest absolute Gasteiger partial charge is 0.132 e. The molecule has 4 nitrogen and oxygen atoms in total. The van der Waals surface area contributed by atoms with Gasteiger partial charge in [0.05, 0.1) is 11.7 Å². The molecule has 0 spiro atoms. The second-order valence-electron chi connectivity index (χ2n) is 5.80. The van der Waals surface area contributed by atoms with E-state index in [-0.39, 0.29) is 0 Å². The van der Waals surface area contributed by atoms with Crippen molar-refractivity contribution in [2.75, 3.05) is 25.5 Å². The predicted molar refractivity (Wildman–Crippen MR) is 87.8 cm³/mol. The van der Waals surface area contributed by atoms with Crippen molar-refractivity contribution in [1.29, 1.82) is 0 Å². The Labute approximate surface area is 130 Å². The number of hydrogen-bond acceptors (Lipinski definition) is 5. The van der Waals surface area contributed by atoms with Crippen LogP contribution in [-0.2, 0) is 6.54 Å². The maximum Gasteiger partial charge on any atom is 0.132 e. The van der Waals surface area contributed by atoms with E-state index in [1.165, 1.54) is 23.4 Å². The van der Waals surface area contributed by atoms with E-state index in [1.807, 2.05) is 32.4 Å². The van der Waals surface area contributed by atoms with Crippen LogP contribution in [0.2, 0.25) is 0 Å². The summed E-state index contributed by atoms with van der Waals surface area (Å²) in [5, 5.41) is 2.15. The number of nitrogens with zero attached hydrogens (tertiary/aromatic N) is 4. The molecule has 0 saturated carbocycles. The fourth-order valence-electron chi connectivity index (χ4n) is 2.93. The molecule has 0 aliphatic carbocycles. The standard InChI is InChI=1S/C16H22N4S/c1-12-17-14(10-16(18-12)19(2)3)15-7-4-8-20(15)11-13-6-5-9-21-13/h5-6,9-10,15H,4,7-8,11H2,1-3H3. The lowest BCUT2D eigenvalue weighted by atomic mass is 10.1. The Morgan fingerprint density at radius 1 is 1.38 bits per heavy atom. The normalized spacial score (nSPS) is 19.1. The largest absolute Gasteiger partial charge is 0.363 e. The molecular weight excluding hydrogens is 280 g/mol. The SMILES string of the molecule is Cc1nc(C2CCCN2Cc2cccs2)cc(N(C)C)n1. The van der Waals surface area contributed by atoms with Gasteiger partial charge < -0.3 is 4.90 Å². The van der Waals surface area contributed by atoms with E-state index in [0.29, 0.717) is 6.04 Å².